The number of halogens is 1. The van der Waals surface area contributed by atoms with Gasteiger partial charge in [0.15, 0.2) is 24.0 Å². The molecule has 0 spiro atoms. The second-order valence-electron chi connectivity index (χ2n) is 11.5. The molecule has 1 aliphatic rings. The molecule has 0 bridgehead atoms. The average Bonchev–Trinajstić information content (AvgIpc) is 3.38. The van der Waals surface area contributed by atoms with Gasteiger partial charge in [0.05, 0.1) is 29.0 Å². The van der Waals surface area contributed by atoms with Crippen molar-refractivity contribution < 1.29 is 22.4 Å². The molecular weight excluding hydrogens is 530 g/mol. The second-order valence-corrected chi connectivity index (χ2v) is 18.7. The van der Waals surface area contributed by atoms with E-state index in [1.807, 2.05) is 0 Å². The van der Waals surface area contributed by atoms with E-state index in [0.717, 1.165) is 12.7 Å². The van der Waals surface area contributed by atoms with Crippen molar-refractivity contribution in [2.24, 2.45) is 5.92 Å². The van der Waals surface area contributed by atoms with Crippen LogP contribution in [0.1, 0.15) is 57.9 Å². The summed E-state index contributed by atoms with van der Waals surface area (Å²) in [6, 6.07) is 6.33. The van der Waals surface area contributed by atoms with Crippen LogP contribution in [0.15, 0.2) is 35.4 Å². The van der Waals surface area contributed by atoms with Crippen LogP contribution in [0.5, 0.6) is 0 Å². The van der Waals surface area contributed by atoms with E-state index < -0.39 is 24.1 Å². The van der Waals surface area contributed by atoms with Crippen molar-refractivity contribution in [3.8, 4) is 0 Å². The molecule has 0 aliphatic heterocycles. The quantitative estimate of drug-likeness (QED) is 0.383. The molecule has 1 aromatic carbocycles. The number of carbonyl (C=O) groups is 2. The fourth-order valence-corrected chi connectivity index (χ4v) is 6.60. The summed E-state index contributed by atoms with van der Waals surface area (Å²) >= 11 is 6.29. The molecule has 1 heterocycles. The monoisotopic (exact) mass is 567 g/mol. The zero-order valence-corrected chi connectivity index (χ0v) is 25.1. The van der Waals surface area contributed by atoms with E-state index in [-0.39, 0.29) is 32.6 Å². The van der Waals surface area contributed by atoms with Gasteiger partial charge in [0, 0.05) is 31.4 Å². The molecule has 1 amide bonds. The molecule has 1 N–H and O–H groups in total. The third-order valence-electron chi connectivity index (χ3n) is 7.47. The molecule has 1 unspecified atom stereocenters. The van der Waals surface area contributed by atoms with Gasteiger partial charge in [-0.3, -0.25) is 14.3 Å². The van der Waals surface area contributed by atoms with Gasteiger partial charge in [-0.2, -0.15) is 5.10 Å². The first-order valence-electron chi connectivity index (χ1n) is 12.6. The predicted molar refractivity (Wildman–Crippen MR) is 148 cm³/mol. The lowest BCUT2D eigenvalue weighted by Crippen LogP contribution is -2.41. The third-order valence-corrected chi connectivity index (χ3v) is 13.6. The minimum atomic E-state index is -3.49. The standard InChI is InChI=1S/C26H38ClN3O5SSi/c1-26(2,3)37(5,6)35-14-13-30-12-11-24(29-30)28-25(32)21(16-18-7-9-20(31)15-18)19-8-10-23(22(27)17-19)36(4,33)34/h8,10-12,17-18,21H,7,9,13-16H2,1-6H3,(H,28,29,32)/t18-,21?/m0/s1. The summed E-state index contributed by atoms with van der Waals surface area (Å²) in [6.45, 7) is 12.1. The molecule has 37 heavy (non-hydrogen) atoms. The minimum absolute atomic E-state index is 0.0202. The van der Waals surface area contributed by atoms with E-state index in [1.165, 1.54) is 12.1 Å². The van der Waals surface area contributed by atoms with Crippen molar-refractivity contribution in [3.63, 3.8) is 0 Å². The Morgan fingerprint density at radius 2 is 2.00 bits per heavy atom. The molecular formula is C26H38ClN3O5SSi. The van der Waals surface area contributed by atoms with Gasteiger partial charge in [-0.1, -0.05) is 38.4 Å². The van der Waals surface area contributed by atoms with Crippen molar-refractivity contribution in [2.75, 3.05) is 18.2 Å². The van der Waals surface area contributed by atoms with Crippen LogP contribution in [0.25, 0.3) is 0 Å². The van der Waals surface area contributed by atoms with Crippen LogP contribution in [0.2, 0.25) is 23.2 Å². The second kappa shape index (κ2) is 11.4. The summed E-state index contributed by atoms with van der Waals surface area (Å²) in [5.41, 5.74) is 0.608. The maximum atomic E-state index is 13.4. The normalized spacial score (nSPS) is 17.7. The van der Waals surface area contributed by atoms with E-state index in [4.69, 9.17) is 16.0 Å². The number of nitrogens with one attached hydrogen (secondary N) is 1. The highest BCUT2D eigenvalue weighted by molar-refractivity contribution is 7.90. The third kappa shape index (κ3) is 7.75. The molecule has 3 rings (SSSR count). The first kappa shape index (κ1) is 29.5. The molecule has 2 aromatic rings. The lowest BCUT2D eigenvalue weighted by atomic mass is 9.87. The zero-order chi connectivity index (χ0) is 27.6. The number of ketones is 1. The number of amides is 1. The Morgan fingerprint density at radius 1 is 1.30 bits per heavy atom. The van der Waals surface area contributed by atoms with E-state index in [1.54, 1.807) is 23.0 Å². The predicted octanol–water partition coefficient (Wildman–Crippen LogP) is 5.44. The van der Waals surface area contributed by atoms with E-state index >= 15 is 0 Å². The van der Waals surface area contributed by atoms with Gasteiger partial charge >= 0.3 is 0 Å². The lowest BCUT2D eigenvalue weighted by Gasteiger charge is -2.36. The summed E-state index contributed by atoms with van der Waals surface area (Å²) in [7, 11) is -5.35. The molecule has 1 saturated carbocycles. The number of hydrogen-bond donors (Lipinski definition) is 1. The Balaban J connectivity index is 1.73. The summed E-state index contributed by atoms with van der Waals surface area (Å²) < 4.78 is 31.9. The Bertz CT molecular complexity index is 1250. The van der Waals surface area contributed by atoms with Crippen molar-refractivity contribution in [1.29, 1.82) is 0 Å². The highest BCUT2D eigenvalue weighted by Gasteiger charge is 2.37. The number of carbonyl (C=O) groups excluding carboxylic acids is 2. The van der Waals surface area contributed by atoms with Gasteiger partial charge < -0.3 is 9.74 Å². The molecule has 1 aliphatic carbocycles. The number of hydrogen-bond acceptors (Lipinski definition) is 6. The average molecular weight is 568 g/mol. The molecule has 1 fully saturated rings. The van der Waals surface area contributed by atoms with Crippen LogP contribution in [-0.4, -0.2) is 51.1 Å². The number of rotatable bonds is 10. The summed E-state index contributed by atoms with van der Waals surface area (Å²) in [6.07, 6.45) is 5.06. The number of nitrogens with zero attached hydrogens (tertiary/aromatic N) is 2. The molecule has 11 heteroatoms. The maximum Gasteiger partial charge on any atom is 0.233 e. The first-order valence-corrected chi connectivity index (χ1v) is 17.7. The Hall–Kier alpha value is -2.01. The fraction of sp³-hybridized carbons (Fsp3) is 0.577. The zero-order valence-electron chi connectivity index (χ0n) is 22.5. The number of aromatic nitrogens is 2. The number of anilines is 1. The van der Waals surface area contributed by atoms with Crippen LogP contribution in [-0.2, 0) is 30.4 Å². The SMILES string of the molecule is CC(C)(C)[Si](C)(C)OCCn1ccc(NC(=O)C(C[C@H]2CCC(=O)C2)c2ccc(S(C)(=O)=O)c(Cl)c2)n1. The smallest absolute Gasteiger partial charge is 0.233 e. The Kier molecular flexibility index (Phi) is 9.09. The first-order chi connectivity index (χ1) is 17.1. The van der Waals surface area contributed by atoms with Gasteiger partial charge in [0.1, 0.15) is 5.78 Å². The topological polar surface area (TPSA) is 107 Å². The van der Waals surface area contributed by atoms with Crippen LogP contribution >= 0.6 is 11.6 Å². The van der Waals surface area contributed by atoms with Crippen LogP contribution in [0.4, 0.5) is 5.82 Å². The summed E-state index contributed by atoms with van der Waals surface area (Å²) in [5.74, 6) is -0.169. The van der Waals surface area contributed by atoms with E-state index in [9.17, 15) is 18.0 Å². The fourth-order valence-electron chi connectivity index (χ4n) is 4.23. The molecule has 8 nitrogen and oxygen atoms in total. The highest BCUT2D eigenvalue weighted by Crippen LogP contribution is 2.37. The Labute approximate surface area is 226 Å². The minimum Gasteiger partial charge on any atom is -0.415 e. The van der Waals surface area contributed by atoms with Crippen LogP contribution in [0, 0.1) is 5.92 Å². The van der Waals surface area contributed by atoms with Gasteiger partial charge in [0.25, 0.3) is 0 Å². The van der Waals surface area contributed by atoms with E-state index in [2.05, 4.69) is 44.3 Å². The molecule has 2 atom stereocenters. The summed E-state index contributed by atoms with van der Waals surface area (Å²) in [4.78, 5) is 25.3. The number of benzene rings is 1. The molecule has 1 aromatic heterocycles. The van der Waals surface area contributed by atoms with Gasteiger partial charge in [-0.05, 0) is 54.6 Å². The van der Waals surface area contributed by atoms with Crippen LogP contribution < -0.4 is 5.32 Å². The van der Waals surface area contributed by atoms with Gasteiger partial charge in [-0.25, -0.2) is 8.42 Å². The molecule has 204 valence electrons. The Morgan fingerprint density at radius 3 is 2.57 bits per heavy atom. The maximum absolute atomic E-state index is 13.4. The van der Waals surface area contributed by atoms with E-state index in [0.29, 0.717) is 43.8 Å². The summed E-state index contributed by atoms with van der Waals surface area (Å²) in [5, 5.41) is 7.57. The van der Waals surface area contributed by atoms with Crippen molar-refractivity contribution in [3.05, 3.63) is 41.0 Å². The largest absolute Gasteiger partial charge is 0.415 e. The van der Waals surface area contributed by atoms with Gasteiger partial charge in [-0.15, -0.1) is 0 Å². The lowest BCUT2D eigenvalue weighted by molar-refractivity contribution is -0.119. The number of sulfone groups is 1. The molecule has 0 saturated heterocycles. The molecule has 0 radical (unpaired) electrons. The van der Waals surface area contributed by atoms with Crippen LogP contribution in [0.3, 0.4) is 0 Å². The van der Waals surface area contributed by atoms with Gasteiger partial charge in [0.2, 0.25) is 5.91 Å². The van der Waals surface area contributed by atoms with Crippen molar-refractivity contribution >= 4 is 47.3 Å². The highest BCUT2D eigenvalue weighted by atomic mass is 35.5. The number of Topliss-reactive ketones (excluding diaryl/α,β-unsaturated/α-hetero) is 1. The van der Waals surface area contributed by atoms with Crippen molar-refractivity contribution in [1.82, 2.24) is 9.78 Å². The van der Waals surface area contributed by atoms with Crippen molar-refractivity contribution in [2.45, 2.75) is 81.9 Å².